The lowest BCUT2D eigenvalue weighted by Crippen LogP contribution is -2.45. The Bertz CT molecular complexity index is 687. The zero-order valence-electron chi connectivity index (χ0n) is 14.3. The van der Waals surface area contributed by atoms with Gasteiger partial charge in [0.1, 0.15) is 0 Å². The van der Waals surface area contributed by atoms with Gasteiger partial charge in [-0.25, -0.2) is 4.79 Å². The van der Waals surface area contributed by atoms with Gasteiger partial charge in [0.25, 0.3) is 0 Å². The van der Waals surface area contributed by atoms with Gasteiger partial charge in [0.05, 0.1) is 13.4 Å². The van der Waals surface area contributed by atoms with Crippen molar-refractivity contribution in [1.29, 1.82) is 0 Å². The third kappa shape index (κ3) is 3.86. The highest BCUT2D eigenvalue weighted by Gasteiger charge is 2.21. The fourth-order valence-electron chi connectivity index (χ4n) is 3.11. The van der Waals surface area contributed by atoms with Gasteiger partial charge in [0, 0.05) is 44.8 Å². The fraction of sp³-hybridized carbons (Fsp3) is 0.421. The smallest absolute Gasteiger partial charge is 0.374 e. The first-order valence-electron chi connectivity index (χ1n) is 8.31. The molecule has 1 saturated heterocycles. The molecule has 0 amide bonds. The van der Waals surface area contributed by atoms with Crippen LogP contribution in [0, 0.1) is 6.92 Å². The second-order valence-electron chi connectivity index (χ2n) is 6.25. The number of methoxy groups -OCH3 is 1. The summed E-state index contributed by atoms with van der Waals surface area (Å²) in [6.07, 6.45) is 1.55. The van der Waals surface area contributed by atoms with E-state index in [2.05, 4.69) is 41.0 Å². The molecule has 24 heavy (non-hydrogen) atoms. The Labute approximate surface area is 142 Å². The number of carbonyl (C=O) groups is 1. The van der Waals surface area contributed by atoms with Crippen molar-refractivity contribution in [3.05, 3.63) is 59.0 Å². The summed E-state index contributed by atoms with van der Waals surface area (Å²) >= 11 is 0. The third-order valence-corrected chi connectivity index (χ3v) is 4.63. The Balaban J connectivity index is 1.53. The maximum Gasteiger partial charge on any atom is 0.374 e. The van der Waals surface area contributed by atoms with E-state index in [1.807, 2.05) is 6.07 Å². The lowest BCUT2D eigenvalue weighted by atomic mass is 10.1. The maximum absolute atomic E-state index is 11.7. The molecule has 0 bridgehead atoms. The van der Waals surface area contributed by atoms with Crippen molar-refractivity contribution in [1.82, 2.24) is 9.80 Å². The Morgan fingerprint density at radius 2 is 1.67 bits per heavy atom. The molecule has 5 heteroatoms. The van der Waals surface area contributed by atoms with Crippen LogP contribution in [0.25, 0.3) is 0 Å². The van der Waals surface area contributed by atoms with Gasteiger partial charge in [-0.15, -0.1) is 0 Å². The van der Waals surface area contributed by atoms with Gasteiger partial charge >= 0.3 is 5.97 Å². The van der Waals surface area contributed by atoms with Gasteiger partial charge in [0.15, 0.2) is 0 Å². The lowest BCUT2D eigenvalue weighted by molar-refractivity contribution is 0.0559. The Morgan fingerprint density at radius 1 is 1.04 bits per heavy atom. The van der Waals surface area contributed by atoms with Crippen LogP contribution >= 0.6 is 0 Å². The Hall–Kier alpha value is -2.11. The van der Waals surface area contributed by atoms with E-state index in [0.717, 1.165) is 44.8 Å². The second-order valence-corrected chi connectivity index (χ2v) is 6.25. The van der Waals surface area contributed by atoms with E-state index in [1.54, 1.807) is 6.26 Å². The van der Waals surface area contributed by atoms with Gasteiger partial charge < -0.3 is 9.15 Å². The molecule has 0 N–H and O–H groups in total. The van der Waals surface area contributed by atoms with Gasteiger partial charge in [-0.05, 0) is 24.1 Å². The summed E-state index contributed by atoms with van der Waals surface area (Å²) in [4.78, 5) is 16.5. The Morgan fingerprint density at radius 3 is 2.29 bits per heavy atom. The number of furan rings is 1. The standard InChI is InChI=1S/C19H24N2O3/c1-15-5-3-4-6-16(15)13-20-8-10-21(11-9-20)14-17-7-12-24-18(17)19(22)23-2/h3-7,12H,8-11,13-14H2,1-2H3. The van der Waals surface area contributed by atoms with Crippen LogP contribution in [0.3, 0.4) is 0 Å². The van der Waals surface area contributed by atoms with Crippen molar-refractivity contribution in [2.45, 2.75) is 20.0 Å². The third-order valence-electron chi connectivity index (χ3n) is 4.63. The number of esters is 1. The molecule has 2 heterocycles. The minimum Gasteiger partial charge on any atom is -0.463 e. The van der Waals surface area contributed by atoms with Crippen LogP contribution in [0.15, 0.2) is 41.0 Å². The van der Waals surface area contributed by atoms with E-state index in [9.17, 15) is 4.79 Å². The zero-order chi connectivity index (χ0) is 16.9. The average Bonchev–Trinajstić information content (AvgIpc) is 3.06. The SMILES string of the molecule is COC(=O)c1occc1CN1CCN(Cc2ccccc2C)CC1. The van der Waals surface area contributed by atoms with E-state index < -0.39 is 5.97 Å². The first-order chi connectivity index (χ1) is 11.7. The molecule has 1 aliphatic rings. The molecule has 128 valence electrons. The number of nitrogens with zero attached hydrogens (tertiary/aromatic N) is 2. The van der Waals surface area contributed by atoms with Crippen molar-refractivity contribution in [3.63, 3.8) is 0 Å². The first-order valence-corrected chi connectivity index (χ1v) is 8.31. The number of aryl methyl sites for hydroxylation is 1. The minimum atomic E-state index is -0.409. The van der Waals surface area contributed by atoms with Crippen molar-refractivity contribution < 1.29 is 13.9 Å². The molecule has 5 nitrogen and oxygen atoms in total. The van der Waals surface area contributed by atoms with E-state index in [4.69, 9.17) is 9.15 Å². The number of benzene rings is 1. The summed E-state index contributed by atoms with van der Waals surface area (Å²) in [5.74, 6) is -0.0898. The maximum atomic E-state index is 11.7. The molecule has 0 aliphatic carbocycles. The van der Waals surface area contributed by atoms with Gasteiger partial charge in [0.2, 0.25) is 5.76 Å². The van der Waals surface area contributed by atoms with Crippen LogP contribution in [-0.4, -0.2) is 49.1 Å². The van der Waals surface area contributed by atoms with Crippen molar-refractivity contribution >= 4 is 5.97 Å². The number of piperazine rings is 1. The predicted molar refractivity (Wildman–Crippen MR) is 91.8 cm³/mol. The molecule has 0 radical (unpaired) electrons. The molecular formula is C19H24N2O3. The molecule has 1 fully saturated rings. The van der Waals surface area contributed by atoms with Crippen LogP contribution < -0.4 is 0 Å². The van der Waals surface area contributed by atoms with Gasteiger partial charge in [-0.1, -0.05) is 24.3 Å². The molecule has 1 aliphatic heterocycles. The molecule has 0 unspecified atom stereocenters. The Kier molecular flexibility index (Phi) is 5.33. The highest BCUT2D eigenvalue weighted by molar-refractivity contribution is 5.87. The summed E-state index contributed by atoms with van der Waals surface area (Å²) in [7, 11) is 1.37. The fourth-order valence-corrected chi connectivity index (χ4v) is 3.11. The molecule has 3 rings (SSSR count). The average molecular weight is 328 g/mol. The van der Waals surface area contributed by atoms with E-state index in [1.165, 1.54) is 18.2 Å². The lowest BCUT2D eigenvalue weighted by Gasteiger charge is -2.34. The van der Waals surface area contributed by atoms with E-state index in [0.29, 0.717) is 5.76 Å². The molecule has 2 aromatic rings. The van der Waals surface area contributed by atoms with Crippen molar-refractivity contribution in [3.8, 4) is 0 Å². The topological polar surface area (TPSA) is 45.9 Å². The number of ether oxygens (including phenoxy) is 1. The van der Waals surface area contributed by atoms with Crippen LogP contribution in [0.2, 0.25) is 0 Å². The second kappa shape index (κ2) is 7.64. The summed E-state index contributed by atoms with van der Waals surface area (Å²) in [6, 6.07) is 10.4. The molecule has 0 spiro atoms. The van der Waals surface area contributed by atoms with E-state index in [-0.39, 0.29) is 0 Å². The van der Waals surface area contributed by atoms with Crippen molar-refractivity contribution in [2.24, 2.45) is 0 Å². The summed E-state index contributed by atoms with van der Waals surface area (Å²) in [6.45, 7) is 7.91. The normalized spacial score (nSPS) is 16.2. The van der Waals surface area contributed by atoms with Gasteiger partial charge in [-0.3, -0.25) is 9.80 Å². The highest BCUT2D eigenvalue weighted by Crippen LogP contribution is 2.17. The first kappa shape index (κ1) is 16.7. The van der Waals surface area contributed by atoms with Crippen LogP contribution in [0.1, 0.15) is 27.2 Å². The van der Waals surface area contributed by atoms with E-state index >= 15 is 0 Å². The molecule has 0 atom stereocenters. The summed E-state index contributed by atoms with van der Waals surface area (Å²) in [5, 5.41) is 0. The van der Waals surface area contributed by atoms with Crippen LogP contribution in [0.4, 0.5) is 0 Å². The monoisotopic (exact) mass is 328 g/mol. The van der Waals surface area contributed by atoms with Crippen LogP contribution in [-0.2, 0) is 17.8 Å². The summed E-state index contributed by atoms with van der Waals surface area (Å²) < 4.78 is 10.0. The highest BCUT2D eigenvalue weighted by atomic mass is 16.5. The predicted octanol–water partition coefficient (Wildman–Crippen LogP) is 2.69. The van der Waals surface area contributed by atoms with Gasteiger partial charge in [-0.2, -0.15) is 0 Å². The number of hydrogen-bond acceptors (Lipinski definition) is 5. The number of carbonyl (C=O) groups excluding carboxylic acids is 1. The quantitative estimate of drug-likeness (QED) is 0.790. The molecule has 1 aromatic heterocycles. The van der Waals surface area contributed by atoms with Crippen LogP contribution in [0.5, 0.6) is 0 Å². The summed E-state index contributed by atoms with van der Waals surface area (Å²) in [5.41, 5.74) is 3.64. The molecule has 0 saturated carbocycles. The largest absolute Gasteiger partial charge is 0.463 e. The zero-order valence-corrected chi connectivity index (χ0v) is 14.3. The molecular weight excluding hydrogens is 304 g/mol. The number of rotatable bonds is 5. The molecule has 1 aromatic carbocycles. The number of hydrogen-bond donors (Lipinski definition) is 0. The van der Waals surface area contributed by atoms with Crippen molar-refractivity contribution in [2.75, 3.05) is 33.3 Å². The minimum absolute atomic E-state index is 0.319.